The molecule has 0 radical (unpaired) electrons. The Balaban J connectivity index is 1.60. The van der Waals surface area contributed by atoms with E-state index in [0.717, 1.165) is 14.6 Å². The highest BCUT2D eigenvalue weighted by molar-refractivity contribution is 9.10. The summed E-state index contributed by atoms with van der Waals surface area (Å²) in [4.78, 5) is 12.2. The summed E-state index contributed by atoms with van der Waals surface area (Å²) in [6.45, 7) is 2.10. The number of hydrogen-bond donors (Lipinski definition) is 1. The number of benzene rings is 2. The van der Waals surface area contributed by atoms with Crippen molar-refractivity contribution in [2.75, 3.05) is 5.32 Å². The molecule has 24 heavy (non-hydrogen) atoms. The van der Waals surface area contributed by atoms with Crippen molar-refractivity contribution in [3.8, 4) is 0 Å². The van der Waals surface area contributed by atoms with Crippen molar-refractivity contribution < 1.29 is 4.79 Å². The number of aryl methyl sites for hydroxylation is 1. The fourth-order valence-corrected chi connectivity index (χ4v) is 4.09. The van der Waals surface area contributed by atoms with Gasteiger partial charge in [-0.1, -0.05) is 63.3 Å². The maximum Gasteiger partial charge on any atom is 0.257 e. The SMILES string of the molecule is Cc1ccccc1CSc1nnc(NC(=O)c2ccc(Br)cc2)s1. The van der Waals surface area contributed by atoms with Gasteiger partial charge in [0.15, 0.2) is 4.34 Å². The standard InChI is InChI=1S/C17H14BrN3OS2/c1-11-4-2-3-5-13(11)10-23-17-21-20-16(24-17)19-15(22)12-6-8-14(18)9-7-12/h2-9H,10H2,1H3,(H,19,20,22). The zero-order valence-corrected chi connectivity index (χ0v) is 16.0. The van der Waals surface area contributed by atoms with Crippen LogP contribution in [-0.2, 0) is 5.75 Å². The fraction of sp³-hybridized carbons (Fsp3) is 0.118. The highest BCUT2D eigenvalue weighted by Gasteiger charge is 2.11. The largest absolute Gasteiger partial charge is 0.296 e. The first-order valence-electron chi connectivity index (χ1n) is 7.19. The number of halogens is 1. The highest BCUT2D eigenvalue weighted by atomic mass is 79.9. The smallest absolute Gasteiger partial charge is 0.257 e. The third kappa shape index (κ3) is 4.43. The maximum absolute atomic E-state index is 12.2. The molecule has 0 atom stereocenters. The van der Waals surface area contributed by atoms with Gasteiger partial charge in [-0.05, 0) is 42.3 Å². The Labute approximate surface area is 156 Å². The van der Waals surface area contributed by atoms with Crippen LogP contribution in [0.3, 0.4) is 0 Å². The number of nitrogens with zero attached hydrogens (tertiary/aromatic N) is 2. The molecule has 0 aliphatic heterocycles. The second-order valence-electron chi connectivity index (χ2n) is 5.05. The molecular formula is C17H14BrN3OS2. The molecular weight excluding hydrogens is 406 g/mol. The average Bonchev–Trinajstić information content (AvgIpc) is 3.02. The van der Waals surface area contributed by atoms with Crippen LogP contribution in [0, 0.1) is 6.92 Å². The number of anilines is 1. The van der Waals surface area contributed by atoms with Gasteiger partial charge in [0.25, 0.3) is 5.91 Å². The van der Waals surface area contributed by atoms with Crippen LogP contribution in [0.2, 0.25) is 0 Å². The molecule has 0 fully saturated rings. The summed E-state index contributed by atoms with van der Waals surface area (Å²) in [6, 6.07) is 15.5. The van der Waals surface area contributed by atoms with Crippen LogP contribution in [0.15, 0.2) is 57.3 Å². The molecule has 1 amide bonds. The molecule has 0 aliphatic carbocycles. The molecule has 0 spiro atoms. The summed E-state index contributed by atoms with van der Waals surface area (Å²) in [5, 5.41) is 11.5. The summed E-state index contributed by atoms with van der Waals surface area (Å²) in [5.74, 6) is 0.649. The predicted octanol–water partition coefficient (Wildman–Crippen LogP) is 5.15. The van der Waals surface area contributed by atoms with Crippen molar-refractivity contribution in [2.45, 2.75) is 17.0 Å². The van der Waals surface area contributed by atoms with E-state index in [1.165, 1.54) is 22.5 Å². The zero-order valence-electron chi connectivity index (χ0n) is 12.8. The highest BCUT2D eigenvalue weighted by Crippen LogP contribution is 2.29. The number of carbonyl (C=O) groups is 1. The van der Waals surface area contributed by atoms with Crippen LogP contribution in [0.25, 0.3) is 0 Å². The Morgan fingerprint density at radius 2 is 1.92 bits per heavy atom. The summed E-state index contributed by atoms with van der Waals surface area (Å²) >= 11 is 6.36. The Morgan fingerprint density at radius 1 is 1.17 bits per heavy atom. The van der Waals surface area contributed by atoms with Crippen LogP contribution in [0.5, 0.6) is 0 Å². The van der Waals surface area contributed by atoms with E-state index >= 15 is 0 Å². The number of hydrogen-bond acceptors (Lipinski definition) is 5. The van der Waals surface area contributed by atoms with Crippen LogP contribution in [-0.4, -0.2) is 16.1 Å². The Hall–Kier alpha value is -1.70. The second kappa shape index (κ2) is 7.92. The molecule has 4 nitrogen and oxygen atoms in total. The van der Waals surface area contributed by atoms with E-state index in [9.17, 15) is 4.79 Å². The van der Waals surface area contributed by atoms with Gasteiger partial charge >= 0.3 is 0 Å². The summed E-state index contributed by atoms with van der Waals surface area (Å²) < 4.78 is 1.77. The van der Waals surface area contributed by atoms with Gasteiger partial charge in [-0.25, -0.2) is 0 Å². The second-order valence-corrected chi connectivity index (χ2v) is 8.16. The fourth-order valence-electron chi connectivity index (χ4n) is 2.00. The van der Waals surface area contributed by atoms with Crippen LogP contribution in [0.4, 0.5) is 5.13 Å². The van der Waals surface area contributed by atoms with Gasteiger partial charge in [-0.15, -0.1) is 10.2 Å². The number of aromatic nitrogens is 2. The van der Waals surface area contributed by atoms with Crippen LogP contribution in [0.1, 0.15) is 21.5 Å². The van der Waals surface area contributed by atoms with Gasteiger partial charge in [0.05, 0.1) is 0 Å². The van der Waals surface area contributed by atoms with Crippen molar-refractivity contribution in [1.82, 2.24) is 10.2 Å². The minimum absolute atomic E-state index is 0.186. The lowest BCUT2D eigenvalue weighted by molar-refractivity contribution is 0.102. The van der Waals surface area contributed by atoms with E-state index in [1.54, 1.807) is 23.9 Å². The molecule has 0 aliphatic rings. The lowest BCUT2D eigenvalue weighted by atomic mass is 10.1. The quantitative estimate of drug-likeness (QED) is 0.458. The van der Waals surface area contributed by atoms with E-state index in [1.807, 2.05) is 24.3 Å². The van der Waals surface area contributed by atoms with E-state index in [2.05, 4.69) is 50.5 Å². The molecule has 0 saturated heterocycles. The molecule has 0 saturated carbocycles. The average molecular weight is 420 g/mol. The third-order valence-corrected chi connectivity index (χ3v) is 5.90. The van der Waals surface area contributed by atoms with E-state index in [4.69, 9.17) is 0 Å². The van der Waals surface area contributed by atoms with Crippen LogP contribution < -0.4 is 5.32 Å². The van der Waals surface area contributed by atoms with Crippen molar-refractivity contribution in [3.63, 3.8) is 0 Å². The minimum atomic E-state index is -0.186. The van der Waals surface area contributed by atoms with Crippen molar-refractivity contribution in [2.24, 2.45) is 0 Å². The number of nitrogens with one attached hydrogen (secondary N) is 1. The van der Waals surface area contributed by atoms with Gasteiger partial charge in [0.1, 0.15) is 0 Å². The van der Waals surface area contributed by atoms with Crippen molar-refractivity contribution in [3.05, 3.63) is 69.7 Å². The lowest BCUT2D eigenvalue weighted by Gasteiger charge is -2.02. The Morgan fingerprint density at radius 3 is 2.67 bits per heavy atom. The third-order valence-electron chi connectivity index (χ3n) is 3.35. The molecule has 122 valence electrons. The van der Waals surface area contributed by atoms with Gasteiger partial charge in [-0.3, -0.25) is 10.1 Å². The molecule has 3 rings (SSSR count). The van der Waals surface area contributed by atoms with Crippen molar-refractivity contribution >= 4 is 50.1 Å². The number of rotatable bonds is 5. The number of carbonyl (C=O) groups excluding carboxylic acids is 1. The maximum atomic E-state index is 12.2. The van der Waals surface area contributed by atoms with Crippen LogP contribution >= 0.6 is 39.0 Å². The van der Waals surface area contributed by atoms with E-state index in [-0.39, 0.29) is 5.91 Å². The molecule has 1 heterocycles. The lowest BCUT2D eigenvalue weighted by Crippen LogP contribution is -2.11. The first-order valence-corrected chi connectivity index (χ1v) is 9.79. The first kappa shape index (κ1) is 17.1. The van der Waals surface area contributed by atoms with E-state index in [0.29, 0.717) is 10.7 Å². The molecule has 0 unspecified atom stereocenters. The summed E-state index contributed by atoms with van der Waals surface area (Å²) in [7, 11) is 0. The van der Waals surface area contributed by atoms with Gasteiger partial charge in [0.2, 0.25) is 5.13 Å². The zero-order chi connectivity index (χ0) is 16.9. The minimum Gasteiger partial charge on any atom is -0.296 e. The molecule has 3 aromatic rings. The Kier molecular flexibility index (Phi) is 5.65. The van der Waals surface area contributed by atoms with Gasteiger partial charge in [0, 0.05) is 15.8 Å². The number of thioether (sulfide) groups is 1. The first-order chi connectivity index (χ1) is 11.6. The van der Waals surface area contributed by atoms with Gasteiger partial charge < -0.3 is 0 Å². The monoisotopic (exact) mass is 419 g/mol. The topological polar surface area (TPSA) is 54.9 Å². The molecule has 2 aromatic carbocycles. The summed E-state index contributed by atoms with van der Waals surface area (Å²) in [5.41, 5.74) is 3.12. The molecule has 1 N–H and O–H groups in total. The van der Waals surface area contributed by atoms with Crippen molar-refractivity contribution in [1.29, 1.82) is 0 Å². The number of amides is 1. The summed E-state index contributed by atoms with van der Waals surface area (Å²) in [6.07, 6.45) is 0. The molecule has 7 heteroatoms. The van der Waals surface area contributed by atoms with Gasteiger partial charge in [-0.2, -0.15) is 0 Å². The van der Waals surface area contributed by atoms with E-state index < -0.39 is 0 Å². The molecule has 0 bridgehead atoms. The normalized spacial score (nSPS) is 10.6. The Bertz CT molecular complexity index is 849. The molecule has 1 aromatic heterocycles. The predicted molar refractivity (Wildman–Crippen MR) is 103 cm³/mol.